The van der Waals surface area contributed by atoms with Crippen LogP contribution in [-0.4, -0.2) is 57.2 Å². The van der Waals surface area contributed by atoms with E-state index in [9.17, 15) is 0 Å². The van der Waals surface area contributed by atoms with E-state index in [0.29, 0.717) is 10.7 Å². The average molecular weight is 390 g/mol. The number of thiophene rings is 1. The zero-order chi connectivity index (χ0) is 18.1. The summed E-state index contributed by atoms with van der Waals surface area (Å²) in [5.41, 5.74) is 1.89. The molecular formula is C16H19N7OS2. The van der Waals surface area contributed by atoms with Crippen LogP contribution in [0.2, 0.25) is 0 Å². The Morgan fingerprint density at radius 2 is 2.12 bits per heavy atom. The first kappa shape index (κ1) is 17.1. The lowest BCUT2D eigenvalue weighted by atomic mass is 10.4. The van der Waals surface area contributed by atoms with Gasteiger partial charge in [0, 0.05) is 23.7 Å². The molecule has 3 aromatic heterocycles. The predicted molar refractivity (Wildman–Crippen MR) is 104 cm³/mol. The summed E-state index contributed by atoms with van der Waals surface area (Å²) in [5.74, 6) is 0.543. The number of aromatic amines is 1. The Kier molecular flexibility index (Phi) is 4.70. The number of hydrogen-bond acceptors (Lipinski definition) is 7. The maximum absolute atomic E-state index is 5.41. The zero-order valence-corrected chi connectivity index (χ0v) is 16.2. The third-order valence-electron chi connectivity index (χ3n) is 4.07. The molecule has 4 heterocycles. The van der Waals surface area contributed by atoms with Gasteiger partial charge in [0.15, 0.2) is 0 Å². The second-order valence-electron chi connectivity index (χ2n) is 6.00. The van der Waals surface area contributed by atoms with Crippen molar-refractivity contribution in [3.63, 3.8) is 0 Å². The zero-order valence-electron chi connectivity index (χ0n) is 14.5. The highest BCUT2D eigenvalue weighted by Crippen LogP contribution is 2.25. The molecule has 0 atom stereocenters. The number of hydrogen-bond donors (Lipinski definition) is 1. The summed E-state index contributed by atoms with van der Waals surface area (Å²) in [6.45, 7) is 7.31. The molecule has 0 bridgehead atoms. The van der Waals surface area contributed by atoms with E-state index >= 15 is 0 Å². The second-order valence-corrected chi connectivity index (χ2v) is 7.48. The fourth-order valence-electron chi connectivity index (χ4n) is 2.84. The molecule has 1 saturated heterocycles. The van der Waals surface area contributed by atoms with Gasteiger partial charge in [-0.1, -0.05) is 0 Å². The topological polar surface area (TPSA) is 76.3 Å². The predicted octanol–water partition coefficient (Wildman–Crippen LogP) is 2.52. The number of aromatic nitrogens is 5. The van der Waals surface area contributed by atoms with Gasteiger partial charge in [-0.05, 0) is 44.3 Å². The van der Waals surface area contributed by atoms with Crippen molar-refractivity contribution in [3.8, 4) is 5.95 Å². The fraction of sp³-hybridized carbons (Fsp3) is 0.375. The summed E-state index contributed by atoms with van der Waals surface area (Å²) in [6.07, 6.45) is 1.80. The van der Waals surface area contributed by atoms with Crippen molar-refractivity contribution in [2.45, 2.75) is 13.8 Å². The number of rotatable bonds is 4. The molecular weight excluding hydrogens is 370 g/mol. The Labute approximate surface area is 159 Å². The maximum atomic E-state index is 5.41. The minimum atomic E-state index is 0.425. The van der Waals surface area contributed by atoms with Crippen LogP contribution in [0.5, 0.6) is 0 Å². The first-order chi connectivity index (χ1) is 12.6. The van der Waals surface area contributed by atoms with Gasteiger partial charge in [0.25, 0.3) is 5.95 Å². The van der Waals surface area contributed by atoms with Crippen LogP contribution < -0.4 is 4.90 Å². The Hall–Kier alpha value is -2.30. The summed E-state index contributed by atoms with van der Waals surface area (Å²) in [5, 5.41) is 17.3. The van der Waals surface area contributed by atoms with E-state index in [0.717, 1.165) is 42.6 Å². The van der Waals surface area contributed by atoms with E-state index in [1.165, 1.54) is 5.00 Å². The number of nitrogens with one attached hydrogen (secondary N) is 1. The molecule has 0 amide bonds. The van der Waals surface area contributed by atoms with E-state index < -0.39 is 0 Å². The van der Waals surface area contributed by atoms with E-state index in [4.69, 9.17) is 17.0 Å². The molecule has 8 nitrogen and oxygen atoms in total. The molecule has 1 N–H and O–H groups in total. The van der Waals surface area contributed by atoms with Crippen molar-refractivity contribution in [1.29, 1.82) is 0 Å². The largest absolute Gasteiger partial charge is 0.378 e. The quantitative estimate of drug-likeness (QED) is 0.548. The third kappa shape index (κ3) is 3.35. The lowest BCUT2D eigenvalue weighted by Gasteiger charge is -2.27. The fourth-order valence-corrected chi connectivity index (χ4v) is 3.94. The Morgan fingerprint density at radius 1 is 1.31 bits per heavy atom. The van der Waals surface area contributed by atoms with Crippen molar-refractivity contribution in [1.82, 2.24) is 24.7 Å². The van der Waals surface area contributed by atoms with Crippen LogP contribution in [0.3, 0.4) is 0 Å². The first-order valence-corrected chi connectivity index (χ1v) is 9.52. The number of morpholine rings is 1. The number of anilines is 1. The van der Waals surface area contributed by atoms with Crippen molar-refractivity contribution >= 4 is 34.8 Å². The summed E-state index contributed by atoms with van der Waals surface area (Å²) >= 11 is 7.01. The highest BCUT2D eigenvalue weighted by molar-refractivity contribution is 7.71. The van der Waals surface area contributed by atoms with Crippen molar-refractivity contribution in [2.24, 2.45) is 5.10 Å². The molecule has 0 spiro atoms. The van der Waals surface area contributed by atoms with Crippen molar-refractivity contribution < 1.29 is 4.74 Å². The van der Waals surface area contributed by atoms with Crippen LogP contribution in [0.1, 0.15) is 16.3 Å². The maximum Gasteiger partial charge on any atom is 0.271 e. The molecule has 0 aromatic carbocycles. The van der Waals surface area contributed by atoms with Crippen LogP contribution in [0.4, 0.5) is 5.00 Å². The molecule has 1 fully saturated rings. The Balaban J connectivity index is 1.60. The highest BCUT2D eigenvalue weighted by atomic mass is 32.1. The molecule has 136 valence electrons. The van der Waals surface area contributed by atoms with Gasteiger partial charge in [-0.15, -0.1) is 16.4 Å². The van der Waals surface area contributed by atoms with Crippen LogP contribution in [0.15, 0.2) is 23.3 Å². The first-order valence-electron chi connectivity index (χ1n) is 8.30. The smallest absolute Gasteiger partial charge is 0.271 e. The molecule has 3 aromatic rings. The molecule has 10 heteroatoms. The van der Waals surface area contributed by atoms with Gasteiger partial charge in [-0.25, -0.2) is 9.78 Å². The standard InChI is InChI=1S/C16H19N7OS2/c1-11-9-12(2)22(20-11)15-18-19-16(25)23(15)17-10-13-3-4-14(26-13)21-5-7-24-8-6-21/h3-4,9-10H,5-8H2,1-2H3,(H,19,25)/b17-10-. The summed E-state index contributed by atoms with van der Waals surface area (Å²) in [7, 11) is 0. The van der Waals surface area contributed by atoms with Gasteiger partial charge in [0.1, 0.15) is 0 Å². The number of nitrogens with zero attached hydrogens (tertiary/aromatic N) is 6. The monoisotopic (exact) mass is 389 g/mol. The van der Waals surface area contributed by atoms with Crippen LogP contribution in [0.25, 0.3) is 5.95 Å². The van der Waals surface area contributed by atoms with Crippen LogP contribution in [0, 0.1) is 18.6 Å². The van der Waals surface area contributed by atoms with Gasteiger partial charge in [0.05, 0.1) is 30.1 Å². The lowest BCUT2D eigenvalue weighted by molar-refractivity contribution is 0.123. The second kappa shape index (κ2) is 7.14. The van der Waals surface area contributed by atoms with E-state index in [1.807, 2.05) is 19.9 Å². The van der Waals surface area contributed by atoms with E-state index in [1.54, 1.807) is 26.9 Å². The summed E-state index contributed by atoms with van der Waals surface area (Å²) in [4.78, 5) is 3.38. The minimum absolute atomic E-state index is 0.425. The van der Waals surface area contributed by atoms with Gasteiger partial charge < -0.3 is 9.64 Å². The number of aryl methyl sites for hydroxylation is 2. The third-order valence-corrected chi connectivity index (χ3v) is 5.41. The lowest BCUT2D eigenvalue weighted by Crippen LogP contribution is -2.35. The number of H-pyrrole nitrogens is 1. The summed E-state index contributed by atoms with van der Waals surface area (Å²) < 4.78 is 9.15. The number of ether oxygens (including phenoxy) is 1. The van der Waals surface area contributed by atoms with E-state index in [-0.39, 0.29) is 0 Å². The van der Waals surface area contributed by atoms with Crippen LogP contribution >= 0.6 is 23.6 Å². The summed E-state index contributed by atoms with van der Waals surface area (Å²) in [6, 6.07) is 6.17. The molecule has 0 aliphatic carbocycles. The molecule has 26 heavy (non-hydrogen) atoms. The van der Waals surface area contributed by atoms with Gasteiger partial charge >= 0.3 is 0 Å². The highest BCUT2D eigenvalue weighted by Gasteiger charge is 2.14. The van der Waals surface area contributed by atoms with E-state index in [2.05, 4.69) is 37.4 Å². The van der Waals surface area contributed by atoms with Crippen LogP contribution in [-0.2, 0) is 4.74 Å². The SMILES string of the molecule is Cc1cc(C)n(-c2n[nH]c(=S)n2/N=C\c2ccc(N3CCOCC3)s2)n1. The normalized spacial score (nSPS) is 15.2. The molecule has 1 aliphatic rings. The van der Waals surface area contributed by atoms with Gasteiger partial charge in [-0.3, -0.25) is 0 Å². The Bertz CT molecular complexity index is 991. The van der Waals surface area contributed by atoms with Crippen molar-refractivity contribution in [3.05, 3.63) is 39.2 Å². The van der Waals surface area contributed by atoms with Gasteiger partial charge in [-0.2, -0.15) is 14.9 Å². The minimum Gasteiger partial charge on any atom is -0.378 e. The molecule has 0 saturated carbocycles. The molecule has 4 rings (SSSR count). The average Bonchev–Trinajstić information content (AvgIpc) is 3.33. The molecule has 1 aliphatic heterocycles. The Morgan fingerprint density at radius 3 is 2.85 bits per heavy atom. The molecule has 0 radical (unpaired) electrons. The molecule has 0 unspecified atom stereocenters. The van der Waals surface area contributed by atoms with Crippen molar-refractivity contribution in [2.75, 3.05) is 31.2 Å². The van der Waals surface area contributed by atoms with Gasteiger partial charge in [0.2, 0.25) is 4.77 Å².